The standard InChI is InChI=1S/C20H16F2N2O3/c21-14-3-1-12(2-4-14)18-11-24(7-8-27-18)20(26)16-10-13-9-15(22)5-6-17(13)23-19(16)25/h1-6,9-10,18H,7-8,11H2,(H,23,25). The van der Waals surface area contributed by atoms with Crippen LogP contribution in [0.15, 0.2) is 53.3 Å². The molecule has 0 saturated carbocycles. The molecule has 0 radical (unpaired) electrons. The molecule has 1 fully saturated rings. The van der Waals surface area contributed by atoms with Crippen molar-refractivity contribution < 1.29 is 18.3 Å². The molecule has 1 aliphatic heterocycles. The minimum atomic E-state index is -0.524. The molecular formula is C20H16F2N2O3. The third-order valence-electron chi connectivity index (χ3n) is 4.63. The molecule has 1 saturated heterocycles. The van der Waals surface area contributed by atoms with Gasteiger partial charge in [0.2, 0.25) is 0 Å². The number of fused-ring (bicyclic) bond motifs is 1. The largest absolute Gasteiger partial charge is 0.370 e. The van der Waals surface area contributed by atoms with Crippen LogP contribution in [0.25, 0.3) is 10.9 Å². The van der Waals surface area contributed by atoms with Crippen molar-refractivity contribution in [3.8, 4) is 0 Å². The molecule has 1 unspecified atom stereocenters. The Labute approximate surface area is 153 Å². The van der Waals surface area contributed by atoms with Crippen LogP contribution in [0.3, 0.4) is 0 Å². The molecule has 0 aliphatic carbocycles. The van der Waals surface area contributed by atoms with E-state index in [0.29, 0.717) is 24.1 Å². The first-order valence-corrected chi connectivity index (χ1v) is 8.50. The van der Waals surface area contributed by atoms with Crippen molar-refractivity contribution in [1.29, 1.82) is 0 Å². The van der Waals surface area contributed by atoms with Gasteiger partial charge in [-0.25, -0.2) is 8.78 Å². The van der Waals surface area contributed by atoms with Gasteiger partial charge in [0, 0.05) is 17.4 Å². The monoisotopic (exact) mass is 370 g/mol. The number of aromatic nitrogens is 1. The molecule has 138 valence electrons. The highest BCUT2D eigenvalue weighted by atomic mass is 19.1. The van der Waals surface area contributed by atoms with Gasteiger partial charge in [0.15, 0.2) is 0 Å². The number of ether oxygens (including phenoxy) is 1. The Morgan fingerprint density at radius 1 is 1.07 bits per heavy atom. The third kappa shape index (κ3) is 3.46. The molecule has 1 aromatic heterocycles. The van der Waals surface area contributed by atoms with Gasteiger partial charge in [-0.15, -0.1) is 0 Å². The number of H-pyrrole nitrogens is 1. The molecule has 2 heterocycles. The summed E-state index contributed by atoms with van der Waals surface area (Å²) in [6.07, 6.45) is -0.403. The zero-order valence-corrected chi connectivity index (χ0v) is 14.2. The van der Waals surface area contributed by atoms with Gasteiger partial charge in [-0.05, 0) is 42.0 Å². The van der Waals surface area contributed by atoms with Crippen molar-refractivity contribution in [2.45, 2.75) is 6.10 Å². The minimum Gasteiger partial charge on any atom is -0.370 e. The van der Waals surface area contributed by atoms with Crippen molar-refractivity contribution in [2.75, 3.05) is 19.7 Å². The van der Waals surface area contributed by atoms with E-state index in [9.17, 15) is 18.4 Å². The van der Waals surface area contributed by atoms with E-state index in [-0.39, 0.29) is 17.9 Å². The number of benzene rings is 2. The average Bonchev–Trinajstić information content (AvgIpc) is 2.68. The number of pyridine rings is 1. The fourth-order valence-electron chi connectivity index (χ4n) is 3.22. The molecule has 27 heavy (non-hydrogen) atoms. The molecule has 3 aromatic rings. The van der Waals surface area contributed by atoms with Gasteiger partial charge in [0.05, 0.1) is 13.2 Å². The molecule has 1 N–H and O–H groups in total. The Morgan fingerprint density at radius 3 is 2.59 bits per heavy atom. The van der Waals surface area contributed by atoms with E-state index >= 15 is 0 Å². The zero-order chi connectivity index (χ0) is 19.0. The van der Waals surface area contributed by atoms with Crippen LogP contribution in [0.1, 0.15) is 22.0 Å². The predicted octanol–water partition coefficient (Wildman–Crippen LogP) is 3.02. The van der Waals surface area contributed by atoms with Crippen molar-refractivity contribution in [2.24, 2.45) is 0 Å². The first-order chi connectivity index (χ1) is 13.0. The molecule has 1 aliphatic rings. The first kappa shape index (κ1) is 17.4. The van der Waals surface area contributed by atoms with Crippen molar-refractivity contribution in [3.05, 3.63) is 81.6 Å². The molecule has 1 atom stereocenters. The summed E-state index contributed by atoms with van der Waals surface area (Å²) in [4.78, 5) is 29.3. The second-order valence-corrected chi connectivity index (χ2v) is 6.41. The van der Waals surface area contributed by atoms with E-state index in [1.807, 2.05) is 0 Å². The summed E-state index contributed by atoms with van der Waals surface area (Å²) in [6.45, 7) is 0.871. The smallest absolute Gasteiger partial charge is 0.261 e. The third-order valence-corrected chi connectivity index (χ3v) is 4.63. The maximum absolute atomic E-state index is 13.5. The van der Waals surface area contributed by atoms with E-state index in [2.05, 4.69) is 4.98 Å². The number of carbonyl (C=O) groups excluding carboxylic acids is 1. The fourth-order valence-corrected chi connectivity index (χ4v) is 3.22. The van der Waals surface area contributed by atoms with Crippen LogP contribution in [0.5, 0.6) is 0 Å². The van der Waals surface area contributed by atoms with E-state index < -0.39 is 23.4 Å². The number of nitrogens with zero attached hydrogens (tertiary/aromatic N) is 1. The number of rotatable bonds is 2. The second-order valence-electron chi connectivity index (χ2n) is 6.41. The topological polar surface area (TPSA) is 62.4 Å². The molecule has 0 bridgehead atoms. The first-order valence-electron chi connectivity index (χ1n) is 8.50. The number of halogens is 2. The molecule has 0 spiro atoms. The zero-order valence-electron chi connectivity index (χ0n) is 14.2. The number of amides is 1. The molecular weight excluding hydrogens is 354 g/mol. The summed E-state index contributed by atoms with van der Waals surface area (Å²) in [5.74, 6) is -1.24. The number of morpholine rings is 1. The van der Waals surface area contributed by atoms with Crippen LogP contribution < -0.4 is 5.56 Å². The quantitative estimate of drug-likeness (QED) is 0.754. The second kappa shape index (κ2) is 6.92. The summed E-state index contributed by atoms with van der Waals surface area (Å²) in [7, 11) is 0. The molecule has 5 nitrogen and oxygen atoms in total. The lowest BCUT2D eigenvalue weighted by Crippen LogP contribution is -2.43. The highest BCUT2D eigenvalue weighted by molar-refractivity contribution is 5.97. The number of aromatic amines is 1. The van der Waals surface area contributed by atoms with Crippen LogP contribution in [0.2, 0.25) is 0 Å². The van der Waals surface area contributed by atoms with Gasteiger partial charge in [0.25, 0.3) is 11.5 Å². The number of nitrogens with one attached hydrogen (secondary N) is 1. The molecule has 1 amide bonds. The lowest BCUT2D eigenvalue weighted by atomic mass is 10.1. The summed E-state index contributed by atoms with van der Waals surface area (Å²) in [5.41, 5.74) is 0.643. The lowest BCUT2D eigenvalue weighted by Gasteiger charge is -2.33. The highest BCUT2D eigenvalue weighted by Gasteiger charge is 2.27. The summed E-state index contributed by atoms with van der Waals surface area (Å²) < 4.78 is 32.3. The average molecular weight is 370 g/mol. The molecule has 7 heteroatoms. The number of carbonyl (C=O) groups is 1. The van der Waals surface area contributed by atoms with Crippen LogP contribution >= 0.6 is 0 Å². The molecule has 2 aromatic carbocycles. The lowest BCUT2D eigenvalue weighted by molar-refractivity contribution is -0.0229. The minimum absolute atomic E-state index is 0.0483. The van der Waals surface area contributed by atoms with Crippen molar-refractivity contribution >= 4 is 16.8 Å². The fraction of sp³-hybridized carbons (Fsp3) is 0.200. The van der Waals surface area contributed by atoms with Crippen molar-refractivity contribution in [1.82, 2.24) is 9.88 Å². The summed E-state index contributed by atoms with van der Waals surface area (Å²) in [5, 5.41) is 0.446. The summed E-state index contributed by atoms with van der Waals surface area (Å²) >= 11 is 0. The Morgan fingerprint density at radius 2 is 1.81 bits per heavy atom. The Kier molecular flexibility index (Phi) is 4.45. The summed E-state index contributed by atoms with van der Waals surface area (Å²) in [6, 6.07) is 11.3. The van der Waals surface area contributed by atoms with Gasteiger partial charge in [-0.1, -0.05) is 12.1 Å². The van der Waals surface area contributed by atoms with Crippen molar-refractivity contribution in [3.63, 3.8) is 0 Å². The van der Waals surface area contributed by atoms with Gasteiger partial charge in [-0.3, -0.25) is 9.59 Å². The number of hydrogen-bond acceptors (Lipinski definition) is 3. The highest BCUT2D eigenvalue weighted by Crippen LogP contribution is 2.23. The Balaban J connectivity index is 1.62. The normalized spacial score (nSPS) is 17.3. The van der Waals surface area contributed by atoms with Gasteiger partial charge >= 0.3 is 0 Å². The predicted molar refractivity (Wildman–Crippen MR) is 95.5 cm³/mol. The van der Waals surface area contributed by atoms with Crippen LogP contribution in [-0.4, -0.2) is 35.5 Å². The van der Waals surface area contributed by atoms with E-state index in [1.54, 1.807) is 12.1 Å². The maximum Gasteiger partial charge on any atom is 0.261 e. The van der Waals surface area contributed by atoms with Gasteiger partial charge in [-0.2, -0.15) is 0 Å². The van der Waals surface area contributed by atoms with Crippen LogP contribution in [0, 0.1) is 11.6 Å². The molecule has 4 rings (SSSR count). The van der Waals surface area contributed by atoms with Crippen LogP contribution in [-0.2, 0) is 4.74 Å². The van der Waals surface area contributed by atoms with E-state index in [0.717, 1.165) is 5.56 Å². The Hall–Kier alpha value is -3.06. The van der Waals surface area contributed by atoms with Gasteiger partial charge in [0.1, 0.15) is 23.3 Å². The SMILES string of the molecule is O=C(c1cc2cc(F)ccc2[nH]c1=O)N1CCOC(c2ccc(F)cc2)C1. The van der Waals surface area contributed by atoms with Crippen LogP contribution in [0.4, 0.5) is 8.78 Å². The Bertz CT molecular complexity index is 1060. The number of hydrogen-bond donors (Lipinski definition) is 1. The van der Waals surface area contributed by atoms with E-state index in [4.69, 9.17) is 4.74 Å². The van der Waals surface area contributed by atoms with E-state index in [1.165, 1.54) is 41.3 Å². The maximum atomic E-state index is 13.5. The van der Waals surface area contributed by atoms with Gasteiger partial charge < -0.3 is 14.6 Å².